The minimum Gasteiger partial charge on any atom is -0.283 e. The molecular formula is C15H14N6OS. The number of carbonyl (C=O) groups is 1. The highest BCUT2D eigenvalue weighted by atomic mass is 32.1. The maximum Gasteiger partial charge on any atom is 0.333 e. The van der Waals surface area contributed by atoms with Crippen molar-refractivity contribution in [1.29, 1.82) is 0 Å². The van der Waals surface area contributed by atoms with E-state index in [-0.39, 0.29) is 6.03 Å². The van der Waals surface area contributed by atoms with E-state index < -0.39 is 0 Å². The standard InChI is InChI=1S/C15H14N6OS/c1-9-12(11-4-5-17-13(19-11)10-2-3-10)23-14(18-9)20-15(22)21-7-6-16-8-21/h4-8,10H,2-3H2,1H3,(H,18,20,22). The lowest BCUT2D eigenvalue weighted by molar-refractivity contribution is 0.253. The number of nitrogens with zero attached hydrogens (tertiary/aromatic N) is 5. The van der Waals surface area contributed by atoms with E-state index in [2.05, 4.69) is 25.3 Å². The number of imidazole rings is 1. The molecule has 0 bridgehead atoms. The molecule has 1 saturated carbocycles. The Morgan fingerprint density at radius 1 is 1.35 bits per heavy atom. The Hall–Kier alpha value is -2.61. The van der Waals surface area contributed by atoms with E-state index in [4.69, 9.17) is 0 Å². The van der Waals surface area contributed by atoms with Crippen LogP contribution in [0.25, 0.3) is 10.6 Å². The number of hydrogen-bond donors (Lipinski definition) is 1. The van der Waals surface area contributed by atoms with Gasteiger partial charge in [0.25, 0.3) is 0 Å². The van der Waals surface area contributed by atoms with Crippen molar-refractivity contribution >= 4 is 22.5 Å². The second-order valence-electron chi connectivity index (χ2n) is 5.41. The number of anilines is 1. The van der Waals surface area contributed by atoms with Gasteiger partial charge in [-0.05, 0) is 25.8 Å². The zero-order chi connectivity index (χ0) is 15.8. The molecule has 0 unspecified atom stereocenters. The first-order chi connectivity index (χ1) is 11.2. The Balaban J connectivity index is 1.59. The third-order valence-electron chi connectivity index (χ3n) is 3.60. The van der Waals surface area contributed by atoms with Gasteiger partial charge in [-0.1, -0.05) is 11.3 Å². The highest BCUT2D eigenvalue weighted by molar-refractivity contribution is 7.19. The molecule has 3 aromatic heterocycles. The van der Waals surface area contributed by atoms with E-state index in [1.807, 2.05) is 13.0 Å². The highest BCUT2D eigenvalue weighted by Gasteiger charge is 2.27. The normalized spacial score (nSPS) is 14.0. The third kappa shape index (κ3) is 2.85. The molecule has 0 spiro atoms. The predicted molar refractivity (Wildman–Crippen MR) is 86.5 cm³/mol. The Morgan fingerprint density at radius 3 is 2.96 bits per heavy atom. The van der Waals surface area contributed by atoms with E-state index in [1.165, 1.54) is 22.2 Å². The summed E-state index contributed by atoms with van der Waals surface area (Å²) < 4.78 is 1.37. The lowest BCUT2D eigenvalue weighted by atomic mass is 10.3. The number of aryl methyl sites for hydroxylation is 1. The molecule has 0 radical (unpaired) electrons. The molecule has 7 nitrogen and oxygen atoms in total. The second kappa shape index (κ2) is 5.54. The van der Waals surface area contributed by atoms with E-state index >= 15 is 0 Å². The lowest BCUT2D eigenvalue weighted by Crippen LogP contribution is -2.17. The van der Waals surface area contributed by atoms with Crippen LogP contribution in [0.4, 0.5) is 9.93 Å². The van der Waals surface area contributed by atoms with Crippen molar-refractivity contribution in [3.8, 4) is 10.6 Å². The molecule has 3 heterocycles. The molecule has 1 fully saturated rings. The minimum absolute atomic E-state index is 0.288. The second-order valence-corrected chi connectivity index (χ2v) is 6.41. The van der Waals surface area contributed by atoms with Gasteiger partial charge in [-0.3, -0.25) is 9.88 Å². The molecule has 1 N–H and O–H groups in total. The van der Waals surface area contributed by atoms with Crippen molar-refractivity contribution in [3.05, 3.63) is 42.5 Å². The number of aromatic nitrogens is 5. The van der Waals surface area contributed by atoms with Crippen LogP contribution in [0.5, 0.6) is 0 Å². The van der Waals surface area contributed by atoms with Crippen molar-refractivity contribution in [2.24, 2.45) is 0 Å². The van der Waals surface area contributed by atoms with Crippen molar-refractivity contribution < 1.29 is 4.79 Å². The molecule has 0 aliphatic heterocycles. The van der Waals surface area contributed by atoms with Gasteiger partial charge in [-0.2, -0.15) is 0 Å². The van der Waals surface area contributed by atoms with Gasteiger partial charge < -0.3 is 0 Å². The summed E-state index contributed by atoms with van der Waals surface area (Å²) in [6.45, 7) is 1.91. The fourth-order valence-corrected chi connectivity index (χ4v) is 3.19. The van der Waals surface area contributed by atoms with Crippen molar-refractivity contribution in [3.63, 3.8) is 0 Å². The first kappa shape index (κ1) is 14.0. The Kier molecular flexibility index (Phi) is 3.38. The Labute approximate surface area is 136 Å². The van der Waals surface area contributed by atoms with Crippen LogP contribution in [0.15, 0.2) is 31.0 Å². The molecule has 116 valence electrons. The molecular weight excluding hydrogens is 312 g/mol. The number of rotatable bonds is 3. The summed E-state index contributed by atoms with van der Waals surface area (Å²) in [7, 11) is 0. The zero-order valence-corrected chi connectivity index (χ0v) is 13.2. The van der Waals surface area contributed by atoms with Crippen LogP contribution in [0.2, 0.25) is 0 Å². The topological polar surface area (TPSA) is 85.6 Å². The van der Waals surface area contributed by atoms with Crippen LogP contribution in [-0.2, 0) is 0 Å². The zero-order valence-electron chi connectivity index (χ0n) is 12.4. The average molecular weight is 326 g/mol. The number of thiazole rings is 1. The molecule has 3 aromatic rings. The van der Waals surface area contributed by atoms with Gasteiger partial charge in [0.05, 0.1) is 16.3 Å². The predicted octanol–water partition coefficient (Wildman–Crippen LogP) is 3.06. The third-order valence-corrected chi connectivity index (χ3v) is 4.69. The van der Waals surface area contributed by atoms with E-state index in [0.29, 0.717) is 11.0 Å². The first-order valence-electron chi connectivity index (χ1n) is 7.31. The van der Waals surface area contributed by atoms with Crippen LogP contribution in [-0.4, -0.2) is 30.5 Å². The molecule has 1 aliphatic carbocycles. The largest absolute Gasteiger partial charge is 0.333 e. The smallest absolute Gasteiger partial charge is 0.283 e. The monoisotopic (exact) mass is 326 g/mol. The van der Waals surface area contributed by atoms with Gasteiger partial charge in [0, 0.05) is 24.5 Å². The van der Waals surface area contributed by atoms with Crippen molar-refractivity contribution in [2.75, 3.05) is 5.32 Å². The SMILES string of the molecule is Cc1nc(NC(=O)n2ccnc2)sc1-c1ccnc(C2CC2)n1. The molecule has 1 aliphatic rings. The fraction of sp³-hybridized carbons (Fsp3) is 0.267. The van der Waals surface area contributed by atoms with Gasteiger partial charge in [-0.25, -0.2) is 24.7 Å². The maximum atomic E-state index is 12.0. The van der Waals surface area contributed by atoms with Gasteiger partial charge in [0.2, 0.25) is 0 Å². The number of nitrogens with one attached hydrogen (secondary N) is 1. The highest BCUT2D eigenvalue weighted by Crippen LogP contribution is 2.39. The molecule has 1 amide bonds. The Bertz CT molecular complexity index is 853. The Morgan fingerprint density at radius 2 is 2.22 bits per heavy atom. The van der Waals surface area contributed by atoms with Gasteiger partial charge in [-0.15, -0.1) is 0 Å². The van der Waals surface area contributed by atoms with Crippen LogP contribution in [0, 0.1) is 6.92 Å². The fourth-order valence-electron chi connectivity index (χ4n) is 2.26. The number of carbonyl (C=O) groups excluding carboxylic acids is 1. The van der Waals surface area contributed by atoms with Crippen LogP contribution in [0.3, 0.4) is 0 Å². The van der Waals surface area contributed by atoms with E-state index in [1.54, 1.807) is 18.6 Å². The summed E-state index contributed by atoms with van der Waals surface area (Å²) in [6.07, 6.45) is 8.71. The molecule has 0 aromatic carbocycles. The summed E-state index contributed by atoms with van der Waals surface area (Å²) in [4.78, 5) is 30.2. The van der Waals surface area contributed by atoms with Gasteiger partial charge >= 0.3 is 6.03 Å². The summed E-state index contributed by atoms with van der Waals surface area (Å²) in [5, 5.41) is 3.32. The minimum atomic E-state index is -0.288. The summed E-state index contributed by atoms with van der Waals surface area (Å²) in [5.41, 5.74) is 1.71. The summed E-state index contributed by atoms with van der Waals surface area (Å²) in [5.74, 6) is 1.41. The van der Waals surface area contributed by atoms with Crippen molar-refractivity contribution in [1.82, 2.24) is 24.5 Å². The van der Waals surface area contributed by atoms with Crippen molar-refractivity contribution in [2.45, 2.75) is 25.7 Å². The lowest BCUT2D eigenvalue weighted by Gasteiger charge is -2.01. The van der Waals surface area contributed by atoms with Gasteiger partial charge in [0.1, 0.15) is 12.2 Å². The van der Waals surface area contributed by atoms with Crippen LogP contribution < -0.4 is 5.32 Å². The quantitative estimate of drug-likeness (QED) is 0.799. The van der Waals surface area contributed by atoms with E-state index in [9.17, 15) is 4.79 Å². The molecule has 8 heteroatoms. The van der Waals surface area contributed by atoms with Crippen LogP contribution >= 0.6 is 11.3 Å². The average Bonchev–Trinajstić information content (AvgIpc) is 3.12. The maximum absolute atomic E-state index is 12.0. The molecule has 23 heavy (non-hydrogen) atoms. The number of amides is 1. The summed E-state index contributed by atoms with van der Waals surface area (Å²) >= 11 is 1.41. The molecule has 0 atom stereocenters. The molecule has 4 rings (SSSR count). The summed E-state index contributed by atoms with van der Waals surface area (Å²) in [6, 6.07) is 1.59. The van der Waals surface area contributed by atoms with E-state index in [0.717, 1.165) is 34.9 Å². The van der Waals surface area contributed by atoms with Crippen LogP contribution in [0.1, 0.15) is 30.3 Å². The first-order valence-corrected chi connectivity index (χ1v) is 8.12. The van der Waals surface area contributed by atoms with Gasteiger partial charge in [0.15, 0.2) is 5.13 Å². The number of hydrogen-bond acceptors (Lipinski definition) is 6. The molecule has 0 saturated heterocycles.